The minimum atomic E-state index is -0.911. The largest absolute Gasteiger partial charge is 0.507 e. The quantitative estimate of drug-likeness (QED) is 0.579. The molecule has 5 nitrogen and oxygen atoms in total. The molecule has 1 heterocycles. The molecule has 17 heavy (non-hydrogen) atoms. The van der Waals surface area contributed by atoms with Crippen molar-refractivity contribution in [3.8, 4) is 11.5 Å². The SMILES string of the molecule is O=C(O)C1CNC(c2cc(O)c(F)cc2O)C1. The van der Waals surface area contributed by atoms with E-state index < -0.39 is 23.5 Å². The Morgan fingerprint density at radius 1 is 1.35 bits per heavy atom. The Hall–Kier alpha value is -1.82. The van der Waals surface area contributed by atoms with Crippen LogP contribution in [-0.4, -0.2) is 27.8 Å². The summed E-state index contributed by atoms with van der Waals surface area (Å²) < 4.78 is 12.9. The molecule has 2 atom stereocenters. The van der Waals surface area contributed by atoms with Crippen molar-refractivity contribution in [2.24, 2.45) is 5.92 Å². The molecule has 1 aliphatic rings. The molecule has 0 amide bonds. The van der Waals surface area contributed by atoms with Gasteiger partial charge in [-0.25, -0.2) is 4.39 Å². The van der Waals surface area contributed by atoms with Crippen LogP contribution in [0.4, 0.5) is 4.39 Å². The number of phenols is 2. The van der Waals surface area contributed by atoms with Gasteiger partial charge in [-0.2, -0.15) is 0 Å². The van der Waals surface area contributed by atoms with Crippen LogP contribution < -0.4 is 5.32 Å². The summed E-state index contributed by atoms with van der Waals surface area (Å²) in [6, 6.07) is 1.55. The molecular weight excluding hydrogens is 229 g/mol. The molecule has 92 valence electrons. The van der Waals surface area contributed by atoms with Crippen LogP contribution in [0.15, 0.2) is 12.1 Å². The van der Waals surface area contributed by atoms with Gasteiger partial charge in [-0.3, -0.25) is 4.79 Å². The number of carbonyl (C=O) groups is 1. The molecule has 0 saturated carbocycles. The van der Waals surface area contributed by atoms with Crippen LogP contribution in [0.1, 0.15) is 18.0 Å². The summed E-state index contributed by atoms with van der Waals surface area (Å²) in [6.07, 6.45) is 0.300. The number of halogens is 1. The maximum atomic E-state index is 12.9. The monoisotopic (exact) mass is 241 g/mol. The van der Waals surface area contributed by atoms with E-state index in [-0.39, 0.29) is 18.3 Å². The highest BCUT2D eigenvalue weighted by molar-refractivity contribution is 5.71. The fourth-order valence-corrected chi connectivity index (χ4v) is 2.01. The van der Waals surface area contributed by atoms with Crippen LogP contribution in [-0.2, 0) is 4.79 Å². The Labute approximate surface area is 96.5 Å². The first-order chi connectivity index (χ1) is 7.99. The lowest BCUT2D eigenvalue weighted by atomic mass is 9.99. The summed E-state index contributed by atoms with van der Waals surface area (Å²) in [5, 5.41) is 30.5. The minimum absolute atomic E-state index is 0.288. The van der Waals surface area contributed by atoms with E-state index in [9.17, 15) is 19.4 Å². The van der Waals surface area contributed by atoms with Crippen molar-refractivity contribution in [3.63, 3.8) is 0 Å². The highest BCUT2D eigenvalue weighted by Crippen LogP contribution is 2.35. The molecule has 1 aromatic rings. The van der Waals surface area contributed by atoms with Crippen molar-refractivity contribution in [3.05, 3.63) is 23.5 Å². The van der Waals surface area contributed by atoms with Gasteiger partial charge < -0.3 is 20.6 Å². The number of nitrogens with one attached hydrogen (secondary N) is 1. The Bertz CT molecular complexity index is 463. The molecule has 1 saturated heterocycles. The van der Waals surface area contributed by atoms with Crippen molar-refractivity contribution in [2.75, 3.05) is 6.54 Å². The molecule has 1 aliphatic heterocycles. The van der Waals surface area contributed by atoms with Crippen molar-refractivity contribution >= 4 is 5.97 Å². The van der Waals surface area contributed by atoms with Gasteiger partial charge in [0.1, 0.15) is 5.75 Å². The predicted octanol–water partition coefficient (Wildman–Crippen LogP) is 0.972. The fraction of sp³-hybridized carbons (Fsp3) is 0.364. The van der Waals surface area contributed by atoms with Gasteiger partial charge in [-0.1, -0.05) is 0 Å². The summed E-state index contributed by atoms with van der Waals surface area (Å²) in [7, 11) is 0. The van der Waals surface area contributed by atoms with Crippen molar-refractivity contribution < 1.29 is 24.5 Å². The van der Waals surface area contributed by atoms with E-state index in [2.05, 4.69) is 5.32 Å². The molecule has 4 N–H and O–H groups in total. The smallest absolute Gasteiger partial charge is 0.307 e. The van der Waals surface area contributed by atoms with E-state index in [1.165, 1.54) is 0 Å². The fourth-order valence-electron chi connectivity index (χ4n) is 2.01. The van der Waals surface area contributed by atoms with Gasteiger partial charge in [0.2, 0.25) is 0 Å². The van der Waals surface area contributed by atoms with Gasteiger partial charge in [0.05, 0.1) is 5.92 Å². The molecule has 1 aromatic carbocycles. The van der Waals surface area contributed by atoms with Crippen LogP contribution in [0.2, 0.25) is 0 Å². The normalized spacial score (nSPS) is 23.8. The topological polar surface area (TPSA) is 89.8 Å². The molecular formula is C11H12FNO4. The lowest BCUT2D eigenvalue weighted by Gasteiger charge is -2.13. The molecule has 2 unspecified atom stereocenters. The summed E-state index contributed by atoms with van der Waals surface area (Å²) >= 11 is 0. The Kier molecular flexibility index (Phi) is 2.89. The van der Waals surface area contributed by atoms with Gasteiger partial charge in [0.15, 0.2) is 11.6 Å². The van der Waals surface area contributed by atoms with E-state index in [0.717, 1.165) is 12.1 Å². The van der Waals surface area contributed by atoms with E-state index in [1.807, 2.05) is 0 Å². The lowest BCUT2D eigenvalue weighted by molar-refractivity contribution is -0.141. The first-order valence-electron chi connectivity index (χ1n) is 5.16. The van der Waals surface area contributed by atoms with Gasteiger partial charge in [0.25, 0.3) is 0 Å². The number of phenolic OH excluding ortho intramolecular Hbond substituents is 2. The van der Waals surface area contributed by atoms with Crippen LogP contribution >= 0.6 is 0 Å². The number of carboxylic acid groups (broad SMARTS) is 1. The molecule has 6 heteroatoms. The number of carboxylic acids is 1. The van der Waals surface area contributed by atoms with Crippen molar-refractivity contribution in [1.82, 2.24) is 5.32 Å². The number of aromatic hydroxyl groups is 2. The highest BCUT2D eigenvalue weighted by Gasteiger charge is 2.31. The first-order valence-corrected chi connectivity index (χ1v) is 5.16. The third-order valence-electron chi connectivity index (χ3n) is 2.95. The molecule has 0 aliphatic carbocycles. The average molecular weight is 241 g/mol. The second-order valence-electron chi connectivity index (χ2n) is 4.09. The Balaban J connectivity index is 2.24. The molecule has 0 radical (unpaired) electrons. The van der Waals surface area contributed by atoms with E-state index >= 15 is 0 Å². The zero-order chi connectivity index (χ0) is 12.6. The van der Waals surface area contributed by atoms with Crippen molar-refractivity contribution in [2.45, 2.75) is 12.5 Å². The van der Waals surface area contributed by atoms with Crippen LogP contribution in [0.5, 0.6) is 11.5 Å². The Morgan fingerprint density at radius 2 is 2.06 bits per heavy atom. The number of hydrogen-bond acceptors (Lipinski definition) is 4. The Morgan fingerprint density at radius 3 is 2.65 bits per heavy atom. The lowest BCUT2D eigenvalue weighted by Crippen LogP contribution is -2.17. The summed E-state index contributed by atoms with van der Waals surface area (Å²) in [6.45, 7) is 0.289. The van der Waals surface area contributed by atoms with Crippen LogP contribution in [0.3, 0.4) is 0 Å². The van der Waals surface area contributed by atoms with Gasteiger partial charge in [-0.05, 0) is 12.5 Å². The van der Waals surface area contributed by atoms with E-state index in [4.69, 9.17) is 5.11 Å². The standard InChI is InChI=1S/C11H12FNO4/c12-7-3-9(14)6(2-10(7)15)8-1-5(4-13-8)11(16)17/h2-3,5,8,13-15H,1,4H2,(H,16,17). The van der Waals surface area contributed by atoms with Gasteiger partial charge in [0, 0.05) is 24.2 Å². The second-order valence-corrected chi connectivity index (χ2v) is 4.09. The second kappa shape index (κ2) is 4.21. The number of hydrogen-bond donors (Lipinski definition) is 4. The third-order valence-corrected chi connectivity index (χ3v) is 2.95. The number of rotatable bonds is 2. The number of aliphatic carboxylic acids is 1. The first kappa shape index (κ1) is 11.7. The van der Waals surface area contributed by atoms with Crippen LogP contribution in [0, 0.1) is 11.7 Å². The predicted molar refractivity (Wildman–Crippen MR) is 56.2 cm³/mol. The minimum Gasteiger partial charge on any atom is -0.507 e. The summed E-state index contributed by atoms with van der Waals surface area (Å²) in [5.74, 6) is -3.20. The maximum absolute atomic E-state index is 12.9. The highest BCUT2D eigenvalue weighted by atomic mass is 19.1. The van der Waals surface area contributed by atoms with Gasteiger partial charge >= 0.3 is 5.97 Å². The maximum Gasteiger partial charge on any atom is 0.307 e. The summed E-state index contributed by atoms with van der Waals surface area (Å²) in [5.41, 5.74) is 0.313. The third kappa shape index (κ3) is 2.16. The molecule has 0 aromatic heterocycles. The molecule has 1 fully saturated rings. The van der Waals surface area contributed by atoms with E-state index in [1.54, 1.807) is 0 Å². The molecule has 0 spiro atoms. The summed E-state index contributed by atoms with van der Waals surface area (Å²) in [4.78, 5) is 10.8. The average Bonchev–Trinajstić information content (AvgIpc) is 2.72. The van der Waals surface area contributed by atoms with E-state index in [0.29, 0.717) is 12.0 Å². The van der Waals surface area contributed by atoms with Crippen molar-refractivity contribution in [1.29, 1.82) is 0 Å². The molecule has 2 rings (SSSR count). The van der Waals surface area contributed by atoms with Crippen LogP contribution in [0.25, 0.3) is 0 Å². The zero-order valence-electron chi connectivity index (χ0n) is 8.85. The zero-order valence-corrected chi connectivity index (χ0v) is 8.85. The number of benzene rings is 1. The molecule has 0 bridgehead atoms. The van der Waals surface area contributed by atoms with Gasteiger partial charge in [-0.15, -0.1) is 0 Å².